The van der Waals surface area contributed by atoms with Crippen LogP contribution >= 0.6 is 0 Å². The van der Waals surface area contributed by atoms with Gasteiger partial charge in [0, 0.05) is 0 Å². The first-order valence-electron chi connectivity index (χ1n) is 6.39. The largest absolute Gasteiger partial charge is 0.425 e. The summed E-state index contributed by atoms with van der Waals surface area (Å²) in [5.41, 5.74) is 2.85. The molecule has 1 heterocycles. The van der Waals surface area contributed by atoms with Crippen LogP contribution in [0.5, 0.6) is 5.75 Å². The normalized spacial score (nSPS) is 10.7. The smallest absolute Gasteiger partial charge is 0.331 e. The molecule has 0 saturated heterocycles. The van der Waals surface area contributed by atoms with Crippen LogP contribution in [0.2, 0.25) is 0 Å². The Morgan fingerprint density at radius 2 is 2.05 bits per heavy atom. The molecule has 3 aromatic rings. The van der Waals surface area contributed by atoms with Gasteiger partial charge in [0.15, 0.2) is 0 Å². The number of carbonyl (C=O) groups is 1. The van der Waals surface area contributed by atoms with Crippen molar-refractivity contribution in [2.45, 2.75) is 13.5 Å². The first-order chi connectivity index (χ1) is 9.72. The molecule has 1 aromatic heterocycles. The van der Waals surface area contributed by atoms with Gasteiger partial charge in [-0.25, -0.2) is 9.78 Å². The maximum atomic E-state index is 12.0. The van der Waals surface area contributed by atoms with Gasteiger partial charge in [-0.1, -0.05) is 24.3 Å². The second-order valence-electron chi connectivity index (χ2n) is 4.65. The van der Waals surface area contributed by atoms with E-state index in [0.29, 0.717) is 5.75 Å². The molecule has 0 aliphatic carbocycles. The molecule has 20 heavy (non-hydrogen) atoms. The molecular formula is C16H14N2O2. The summed E-state index contributed by atoms with van der Waals surface area (Å²) in [7, 11) is 0. The minimum atomic E-state index is -0.307. The Balaban J connectivity index is 1.76. The van der Waals surface area contributed by atoms with Crippen LogP contribution in [0, 0.1) is 6.92 Å². The van der Waals surface area contributed by atoms with E-state index in [1.54, 1.807) is 17.0 Å². The van der Waals surface area contributed by atoms with E-state index in [2.05, 4.69) is 4.98 Å². The lowest BCUT2D eigenvalue weighted by atomic mass is 10.2. The molecule has 0 unspecified atom stereocenters. The van der Waals surface area contributed by atoms with E-state index in [4.69, 9.17) is 4.74 Å². The molecule has 0 aliphatic rings. The van der Waals surface area contributed by atoms with E-state index in [1.807, 2.05) is 49.4 Å². The molecule has 0 radical (unpaired) electrons. The summed E-state index contributed by atoms with van der Waals surface area (Å²) in [6.07, 6.45) is 1.65. The van der Waals surface area contributed by atoms with Crippen molar-refractivity contribution >= 4 is 17.0 Å². The number of hydrogen-bond acceptors (Lipinski definition) is 3. The second kappa shape index (κ2) is 5.17. The molecule has 3 rings (SSSR count). The third-order valence-corrected chi connectivity index (χ3v) is 3.05. The van der Waals surface area contributed by atoms with E-state index in [-0.39, 0.29) is 12.5 Å². The van der Waals surface area contributed by atoms with Crippen molar-refractivity contribution in [3.8, 4) is 5.75 Å². The zero-order valence-corrected chi connectivity index (χ0v) is 11.1. The van der Waals surface area contributed by atoms with Crippen molar-refractivity contribution in [3.05, 3.63) is 60.4 Å². The minimum Gasteiger partial charge on any atom is -0.425 e. The molecule has 4 nitrogen and oxygen atoms in total. The summed E-state index contributed by atoms with van der Waals surface area (Å²) in [4.78, 5) is 16.2. The van der Waals surface area contributed by atoms with Crippen molar-refractivity contribution in [2.24, 2.45) is 0 Å². The minimum absolute atomic E-state index is 0.147. The Kier molecular flexibility index (Phi) is 3.21. The molecule has 0 saturated carbocycles. The predicted octanol–water partition coefficient (Wildman–Crippen LogP) is 2.95. The average molecular weight is 266 g/mol. The molecule has 0 N–H and O–H groups in total. The van der Waals surface area contributed by atoms with Gasteiger partial charge in [0.05, 0.1) is 17.4 Å². The lowest BCUT2D eigenvalue weighted by Crippen LogP contribution is -2.15. The summed E-state index contributed by atoms with van der Waals surface area (Å²) in [6, 6.07) is 15.1. The van der Waals surface area contributed by atoms with Crippen LogP contribution in [0.3, 0.4) is 0 Å². The number of imidazole rings is 1. The van der Waals surface area contributed by atoms with Crippen LogP contribution in [0.25, 0.3) is 11.0 Å². The number of esters is 1. The highest BCUT2D eigenvalue weighted by Gasteiger charge is 2.09. The van der Waals surface area contributed by atoms with Gasteiger partial charge in [0.1, 0.15) is 12.3 Å². The van der Waals surface area contributed by atoms with E-state index in [0.717, 1.165) is 16.6 Å². The number of hydrogen-bond donors (Lipinski definition) is 0. The topological polar surface area (TPSA) is 44.1 Å². The van der Waals surface area contributed by atoms with Crippen molar-refractivity contribution in [1.29, 1.82) is 0 Å². The number of fused-ring (bicyclic) bond motifs is 1. The zero-order valence-electron chi connectivity index (χ0n) is 11.1. The highest BCUT2D eigenvalue weighted by Crippen LogP contribution is 2.14. The lowest BCUT2D eigenvalue weighted by Gasteiger charge is -2.06. The van der Waals surface area contributed by atoms with Gasteiger partial charge in [0.2, 0.25) is 0 Å². The predicted molar refractivity (Wildman–Crippen MR) is 76.5 cm³/mol. The van der Waals surface area contributed by atoms with Crippen LogP contribution < -0.4 is 4.74 Å². The van der Waals surface area contributed by atoms with Crippen molar-refractivity contribution < 1.29 is 9.53 Å². The summed E-state index contributed by atoms with van der Waals surface area (Å²) >= 11 is 0. The van der Waals surface area contributed by atoms with Gasteiger partial charge in [-0.05, 0) is 36.8 Å². The molecule has 4 heteroatoms. The number of rotatable bonds is 3. The fourth-order valence-electron chi connectivity index (χ4n) is 2.12. The van der Waals surface area contributed by atoms with Crippen molar-refractivity contribution in [3.63, 3.8) is 0 Å². The summed E-state index contributed by atoms with van der Waals surface area (Å²) in [5, 5.41) is 0. The quantitative estimate of drug-likeness (QED) is 0.541. The monoisotopic (exact) mass is 266 g/mol. The van der Waals surface area contributed by atoms with Gasteiger partial charge in [-0.15, -0.1) is 0 Å². The Hall–Kier alpha value is -2.62. The molecule has 0 bridgehead atoms. The van der Waals surface area contributed by atoms with E-state index >= 15 is 0 Å². The Morgan fingerprint density at radius 3 is 2.90 bits per heavy atom. The van der Waals surface area contributed by atoms with E-state index in [1.165, 1.54) is 0 Å². The van der Waals surface area contributed by atoms with Crippen LogP contribution in [-0.2, 0) is 11.3 Å². The Labute approximate surface area is 116 Å². The number of nitrogens with zero attached hydrogens (tertiary/aromatic N) is 2. The van der Waals surface area contributed by atoms with Gasteiger partial charge >= 0.3 is 5.97 Å². The average Bonchev–Trinajstić information content (AvgIpc) is 2.82. The van der Waals surface area contributed by atoms with Crippen LogP contribution in [0.1, 0.15) is 5.56 Å². The SMILES string of the molecule is Cc1cccc(OC(=O)Cn2cnc3ccccc32)c1. The van der Waals surface area contributed by atoms with E-state index < -0.39 is 0 Å². The molecule has 2 aromatic carbocycles. The number of carbonyl (C=O) groups excluding carboxylic acids is 1. The Bertz CT molecular complexity index is 762. The van der Waals surface area contributed by atoms with Crippen molar-refractivity contribution in [2.75, 3.05) is 0 Å². The zero-order chi connectivity index (χ0) is 13.9. The van der Waals surface area contributed by atoms with Crippen LogP contribution in [-0.4, -0.2) is 15.5 Å². The second-order valence-corrected chi connectivity index (χ2v) is 4.65. The number of ether oxygens (including phenoxy) is 1. The Morgan fingerprint density at radius 1 is 1.20 bits per heavy atom. The van der Waals surface area contributed by atoms with Crippen molar-refractivity contribution in [1.82, 2.24) is 9.55 Å². The third-order valence-electron chi connectivity index (χ3n) is 3.05. The fraction of sp³-hybridized carbons (Fsp3) is 0.125. The maximum Gasteiger partial charge on any atom is 0.331 e. The number of para-hydroxylation sites is 2. The number of benzene rings is 2. The van der Waals surface area contributed by atoms with Gasteiger partial charge in [0.25, 0.3) is 0 Å². The molecule has 0 aliphatic heterocycles. The third kappa shape index (κ3) is 2.54. The van der Waals surface area contributed by atoms with Crippen LogP contribution in [0.4, 0.5) is 0 Å². The van der Waals surface area contributed by atoms with Gasteiger partial charge in [-0.2, -0.15) is 0 Å². The molecule has 0 spiro atoms. The highest BCUT2D eigenvalue weighted by molar-refractivity contribution is 5.78. The molecular weight excluding hydrogens is 252 g/mol. The fourth-order valence-corrected chi connectivity index (χ4v) is 2.12. The first kappa shape index (κ1) is 12.4. The summed E-state index contributed by atoms with van der Waals surface area (Å²) in [5.74, 6) is 0.262. The maximum absolute atomic E-state index is 12.0. The summed E-state index contributed by atoms with van der Waals surface area (Å²) < 4.78 is 7.12. The standard InChI is InChI=1S/C16H14N2O2/c1-12-5-4-6-13(9-12)20-16(19)10-18-11-17-14-7-2-3-8-15(14)18/h2-9,11H,10H2,1H3. The van der Waals surface area contributed by atoms with E-state index in [9.17, 15) is 4.79 Å². The molecule has 0 atom stereocenters. The van der Waals surface area contributed by atoms with Gasteiger partial charge < -0.3 is 9.30 Å². The summed E-state index contributed by atoms with van der Waals surface area (Å²) in [6.45, 7) is 2.11. The molecule has 0 fully saturated rings. The number of aryl methyl sites for hydroxylation is 1. The van der Waals surface area contributed by atoms with Gasteiger partial charge in [-0.3, -0.25) is 0 Å². The van der Waals surface area contributed by atoms with Crippen LogP contribution in [0.15, 0.2) is 54.9 Å². The molecule has 100 valence electrons. The first-order valence-corrected chi connectivity index (χ1v) is 6.39. The highest BCUT2D eigenvalue weighted by atomic mass is 16.5. The number of aromatic nitrogens is 2. The molecule has 0 amide bonds. The lowest BCUT2D eigenvalue weighted by molar-refractivity contribution is -0.134.